The predicted molar refractivity (Wildman–Crippen MR) is 98.8 cm³/mol. The van der Waals surface area contributed by atoms with Crippen LogP contribution in [0.2, 0.25) is 0 Å². The fraction of sp³-hybridized carbons (Fsp3) is 0.300. The Morgan fingerprint density at radius 1 is 1.04 bits per heavy atom. The van der Waals surface area contributed by atoms with E-state index in [1.54, 1.807) is 0 Å². The first-order valence-corrected chi connectivity index (χ1v) is 8.70. The van der Waals surface area contributed by atoms with E-state index < -0.39 is 23.5 Å². The van der Waals surface area contributed by atoms with Gasteiger partial charge in [-0.1, -0.05) is 13.8 Å². The van der Waals surface area contributed by atoms with Crippen LogP contribution in [0, 0.1) is 11.6 Å². The third-order valence-corrected chi connectivity index (χ3v) is 4.09. The molecule has 0 heterocycles. The summed E-state index contributed by atoms with van der Waals surface area (Å²) in [5.74, 6) is -2.86. The number of esters is 1. The van der Waals surface area contributed by atoms with Crippen LogP contribution in [0.3, 0.4) is 0 Å². The predicted octanol–water partition coefficient (Wildman–Crippen LogP) is 3.72. The van der Waals surface area contributed by atoms with E-state index in [-0.39, 0.29) is 5.56 Å². The zero-order valence-electron chi connectivity index (χ0n) is 15.3. The number of hydrogen-bond donors (Lipinski definition) is 1. The van der Waals surface area contributed by atoms with Crippen molar-refractivity contribution in [1.82, 2.24) is 4.90 Å². The average Bonchev–Trinajstić information content (AvgIpc) is 2.65. The van der Waals surface area contributed by atoms with Crippen molar-refractivity contribution in [3.63, 3.8) is 0 Å². The van der Waals surface area contributed by atoms with Gasteiger partial charge in [-0.25, -0.2) is 13.6 Å². The van der Waals surface area contributed by atoms with E-state index in [0.717, 1.165) is 25.2 Å². The molecular formula is C20H22F2N2O3. The molecule has 0 atom stereocenters. The molecule has 2 rings (SSSR count). The van der Waals surface area contributed by atoms with Gasteiger partial charge in [-0.15, -0.1) is 0 Å². The fourth-order valence-electron chi connectivity index (χ4n) is 2.45. The van der Waals surface area contributed by atoms with E-state index in [1.807, 2.05) is 13.8 Å². The Kier molecular flexibility index (Phi) is 7.43. The molecule has 0 fully saturated rings. The van der Waals surface area contributed by atoms with Gasteiger partial charge in [0.1, 0.15) is 18.2 Å². The molecule has 0 aliphatic carbocycles. The Balaban J connectivity index is 1.92. The second-order valence-electron chi connectivity index (χ2n) is 5.82. The molecule has 0 bridgehead atoms. The van der Waals surface area contributed by atoms with Gasteiger partial charge in [0.15, 0.2) is 0 Å². The fourth-order valence-corrected chi connectivity index (χ4v) is 2.45. The molecule has 0 unspecified atom stereocenters. The molecule has 5 nitrogen and oxygen atoms in total. The lowest BCUT2D eigenvalue weighted by atomic mass is 10.1. The van der Waals surface area contributed by atoms with Crippen molar-refractivity contribution >= 4 is 17.6 Å². The maximum Gasteiger partial charge on any atom is 0.338 e. The van der Waals surface area contributed by atoms with Crippen LogP contribution in [0.5, 0.6) is 0 Å². The summed E-state index contributed by atoms with van der Waals surface area (Å²) in [6.45, 7) is 6.81. The van der Waals surface area contributed by atoms with Crippen LogP contribution in [0.15, 0.2) is 42.5 Å². The highest BCUT2D eigenvalue weighted by Crippen LogP contribution is 2.15. The molecule has 0 saturated heterocycles. The van der Waals surface area contributed by atoms with Crippen molar-refractivity contribution in [2.45, 2.75) is 13.8 Å². The van der Waals surface area contributed by atoms with Gasteiger partial charge in [0.25, 0.3) is 5.91 Å². The molecule has 0 aliphatic heterocycles. The number of likely N-dealkylation sites (N-methyl/N-ethyl adjacent to an activating group) is 1. The summed E-state index contributed by atoms with van der Waals surface area (Å²) in [5.41, 5.74) is 0.459. The number of hydrogen-bond acceptors (Lipinski definition) is 4. The van der Waals surface area contributed by atoms with Crippen LogP contribution >= 0.6 is 0 Å². The summed E-state index contributed by atoms with van der Waals surface area (Å²) < 4.78 is 31.8. The number of rotatable bonds is 8. The van der Waals surface area contributed by atoms with Gasteiger partial charge in [-0.05, 0) is 49.5 Å². The smallest absolute Gasteiger partial charge is 0.338 e. The zero-order valence-corrected chi connectivity index (χ0v) is 15.3. The molecule has 0 saturated carbocycles. The van der Waals surface area contributed by atoms with E-state index in [0.29, 0.717) is 30.5 Å². The first-order chi connectivity index (χ1) is 12.9. The number of halogens is 2. The quantitative estimate of drug-likeness (QED) is 0.714. The van der Waals surface area contributed by atoms with Gasteiger partial charge in [0, 0.05) is 18.3 Å². The molecule has 144 valence electrons. The van der Waals surface area contributed by atoms with Crippen LogP contribution in [-0.2, 0) is 4.74 Å². The Bertz CT molecular complexity index is 790. The average molecular weight is 376 g/mol. The molecule has 27 heavy (non-hydrogen) atoms. The maximum absolute atomic E-state index is 13.6. The SMILES string of the molecule is CCN(CC)CCOC(=O)c1ccc(NC(=O)c2ccc(F)cc2F)cc1. The van der Waals surface area contributed by atoms with Crippen LogP contribution in [0.1, 0.15) is 34.6 Å². The minimum atomic E-state index is -0.944. The van der Waals surface area contributed by atoms with Crippen LogP contribution < -0.4 is 5.32 Å². The number of nitrogens with zero attached hydrogens (tertiary/aromatic N) is 1. The molecule has 0 aromatic heterocycles. The van der Waals surface area contributed by atoms with Crippen molar-refractivity contribution in [2.24, 2.45) is 0 Å². The van der Waals surface area contributed by atoms with E-state index in [1.165, 1.54) is 24.3 Å². The Labute approximate surface area is 156 Å². The monoisotopic (exact) mass is 376 g/mol. The third-order valence-electron chi connectivity index (χ3n) is 4.09. The van der Waals surface area contributed by atoms with Gasteiger partial charge < -0.3 is 15.0 Å². The standard InChI is InChI=1S/C20H22F2N2O3/c1-3-24(4-2)11-12-27-20(26)14-5-8-16(9-6-14)23-19(25)17-10-7-15(21)13-18(17)22/h5-10,13H,3-4,11-12H2,1-2H3,(H,23,25). The minimum absolute atomic E-state index is 0.267. The Hall–Kier alpha value is -2.80. The van der Waals surface area contributed by atoms with Gasteiger partial charge in [-0.2, -0.15) is 0 Å². The van der Waals surface area contributed by atoms with Gasteiger partial charge >= 0.3 is 5.97 Å². The number of carbonyl (C=O) groups is 2. The Morgan fingerprint density at radius 3 is 2.30 bits per heavy atom. The number of ether oxygens (including phenoxy) is 1. The van der Waals surface area contributed by atoms with Crippen LogP contribution in [0.25, 0.3) is 0 Å². The van der Waals surface area contributed by atoms with E-state index in [4.69, 9.17) is 4.74 Å². The second-order valence-corrected chi connectivity index (χ2v) is 5.82. The first-order valence-electron chi connectivity index (χ1n) is 8.70. The molecule has 0 aliphatic rings. The lowest BCUT2D eigenvalue weighted by molar-refractivity contribution is 0.0466. The first kappa shape index (κ1) is 20.5. The zero-order chi connectivity index (χ0) is 19.8. The molecule has 0 radical (unpaired) electrons. The number of amides is 1. The summed E-state index contributed by atoms with van der Waals surface area (Å²) in [6, 6.07) is 8.77. The van der Waals surface area contributed by atoms with Gasteiger partial charge in [0.05, 0.1) is 11.1 Å². The summed E-state index contributed by atoms with van der Waals surface area (Å²) >= 11 is 0. The summed E-state index contributed by atoms with van der Waals surface area (Å²) in [6.07, 6.45) is 0. The van der Waals surface area contributed by atoms with Gasteiger partial charge in [0.2, 0.25) is 0 Å². The van der Waals surface area contributed by atoms with E-state index >= 15 is 0 Å². The molecule has 2 aromatic carbocycles. The van der Waals surface area contributed by atoms with E-state index in [2.05, 4.69) is 10.2 Å². The largest absolute Gasteiger partial charge is 0.461 e. The summed E-state index contributed by atoms with van der Waals surface area (Å²) in [4.78, 5) is 26.2. The number of nitrogens with one attached hydrogen (secondary N) is 1. The van der Waals surface area contributed by atoms with Crippen molar-refractivity contribution < 1.29 is 23.1 Å². The third kappa shape index (κ3) is 5.86. The minimum Gasteiger partial charge on any atom is -0.461 e. The second kappa shape index (κ2) is 9.78. The number of anilines is 1. The van der Waals surface area contributed by atoms with Crippen molar-refractivity contribution in [1.29, 1.82) is 0 Å². The summed E-state index contributed by atoms with van der Waals surface area (Å²) in [7, 11) is 0. The molecule has 1 amide bonds. The lowest BCUT2D eigenvalue weighted by Gasteiger charge is -2.17. The molecule has 7 heteroatoms. The highest BCUT2D eigenvalue weighted by Gasteiger charge is 2.13. The lowest BCUT2D eigenvalue weighted by Crippen LogP contribution is -2.27. The molecule has 2 aromatic rings. The highest BCUT2D eigenvalue weighted by molar-refractivity contribution is 6.04. The normalized spacial score (nSPS) is 10.7. The highest BCUT2D eigenvalue weighted by atomic mass is 19.1. The maximum atomic E-state index is 13.6. The van der Waals surface area contributed by atoms with Gasteiger partial charge in [-0.3, -0.25) is 4.79 Å². The molecule has 0 spiro atoms. The number of carbonyl (C=O) groups excluding carboxylic acids is 2. The summed E-state index contributed by atoms with van der Waals surface area (Å²) in [5, 5.41) is 2.50. The number of benzene rings is 2. The van der Waals surface area contributed by atoms with Crippen LogP contribution in [-0.4, -0.2) is 43.0 Å². The van der Waals surface area contributed by atoms with Crippen molar-refractivity contribution in [3.8, 4) is 0 Å². The van der Waals surface area contributed by atoms with Crippen molar-refractivity contribution in [2.75, 3.05) is 31.6 Å². The van der Waals surface area contributed by atoms with E-state index in [9.17, 15) is 18.4 Å². The topological polar surface area (TPSA) is 58.6 Å². The molecular weight excluding hydrogens is 354 g/mol. The Morgan fingerprint density at radius 2 is 1.70 bits per heavy atom. The van der Waals surface area contributed by atoms with Crippen LogP contribution in [0.4, 0.5) is 14.5 Å². The van der Waals surface area contributed by atoms with Crippen molar-refractivity contribution in [3.05, 3.63) is 65.2 Å². The molecule has 1 N–H and O–H groups in total.